The standard InChI is InChI=1S/C16H17Cl2NO2/c17-12-5-2-6-13(14(12)18)19-16(21)11-7-9-3-1-4-10(8-11)15(9)20/h2,5-6,9-11H,1,3-4,7-8H2,(H,19,21)/t9-,10-/m1/s1. The highest BCUT2D eigenvalue weighted by Crippen LogP contribution is 2.40. The van der Waals surface area contributed by atoms with E-state index in [1.54, 1.807) is 18.2 Å². The topological polar surface area (TPSA) is 46.2 Å². The van der Waals surface area contributed by atoms with Gasteiger partial charge in [-0.05, 0) is 37.8 Å². The van der Waals surface area contributed by atoms with Crippen molar-refractivity contribution in [3.8, 4) is 0 Å². The van der Waals surface area contributed by atoms with Gasteiger partial charge in [0.15, 0.2) is 0 Å². The van der Waals surface area contributed by atoms with Crippen molar-refractivity contribution in [3.05, 3.63) is 28.2 Å². The van der Waals surface area contributed by atoms with Crippen LogP contribution in [0.2, 0.25) is 10.0 Å². The number of carbonyl (C=O) groups excluding carboxylic acids is 2. The van der Waals surface area contributed by atoms with Crippen molar-refractivity contribution < 1.29 is 9.59 Å². The Bertz CT molecular complexity index is 572. The van der Waals surface area contributed by atoms with E-state index < -0.39 is 0 Å². The number of Topliss-reactive ketones (excluding diaryl/α,β-unsaturated/α-hetero) is 1. The predicted molar refractivity (Wildman–Crippen MR) is 83.7 cm³/mol. The van der Waals surface area contributed by atoms with Crippen LogP contribution in [0, 0.1) is 17.8 Å². The maximum Gasteiger partial charge on any atom is 0.227 e. The van der Waals surface area contributed by atoms with E-state index >= 15 is 0 Å². The molecule has 2 aliphatic carbocycles. The summed E-state index contributed by atoms with van der Waals surface area (Å²) in [5.74, 6) is 0.355. The smallest absolute Gasteiger partial charge is 0.227 e. The lowest BCUT2D eigenvalue weighted by molar-refractivity contribution is -0.136. The summed E-state index contributed by atoms with van der Waals surface area (Å²) >= 11 is 12.0. The van der Waals surface area contributed by atoms with Gasteiger partial charge in [0.25, 0.3) is 0 Å². The van der Waals surface area contributed by atoms with Crippen molar-refractivity contribution in [1.82, 2.24) is 0 Å². The lowest BCUT2D eigenvalue weighted by Crippen LogP contribution is -2.40. The van der Waals surface area contributed by atoms with Crippen LogP contribution in [0.15, 0.2) is 18.2 Å². The number of hydrogen-bond donors (Lipinski definition) is 1. The number of fused-ring (bicyclic) bond motifs is 2. The molecule has 2 fully saturated rings. The van der Waals surface area contributed by atoms with Crippen molar-refractivity contribution in [2.45, 2.75) is 32.1 Å². The van der Waals surface area contributed by atoms with Gasteiger partial charge in [-0.2, -0.15) is 0 Å². The number of nitrogens with one attached hydrogen (secondary N) is 1. The van der Waals surface area contributed by atoms with Crippen molar-refractivity contribution in [1.29, 1.82) is 0 Å². The number of ketones is 1. The number of benzene rings is 1. The third-order valence-electron chi connectivity index (χ3n) is 4.63. The SMILES string of the molecule is O=C(Nc1cccc(Cl)c1Cl)C1C[C@H]2CCC[C@H](C1)C2=O. The maximum atomic E-state index is 12.4. The van der Waals surface area contributed by atoms with Crippen LogP contribution in [-0.2, 0) is 9.59 Å². The molecule has 2 saturated carbocycles. The molecule has 0 radical (unpaired) electrons. The zero-order valence-corrected chi connectivity index (χ0v) is 13.1. The summed E-state index contributed by atoms with van der Waals surface area (Å²) in [6.45, 7) is 0. The molecule has 0 saturated heterocycles. The summed E-state index contributed by atoms with van der Waals surface area (Å²) in [5.41, 5.74) is 0.538. The van der Waals surface area contributed by atoms with Crippen molar-refractivity contribution in [2.75, 3.05) is 5.32 Å². The third-order valence-corrected chi connectivity index (χ3v) is 5.45. The normalized spacial score (nSPS) is 28.3. The van der Waals surface area contributed by atoms with Gasteiger partial charge in [0.2, 0.25) is 5.91 Å². The summed E-state index contributed by atoms with van der Waals surface area (Å²) in [5, 5.41) is 3.64. The van der Waals surface area contributed by atoms with Crippen LogP contribution in [0.5, 0.6) is 0 Å². The quantitative estimate of drug-likeness (QED) is 0.879. The van der Waals surface area contributed by atoms with Gasteiger partial charge in [0.1, 0.15) is 5.78 Å². The maximum absolute atomic E-state index is 12.4. The van der Waals surface area contributed by atoms with E-state index in [0.717, 1.165) is 19.3 Å². The second-order valence-electron chi connectivity index (χ2n) is 5.99. The number of anilines is 1. The summed E-state index contributed by atoms with van der Waals surface area (Å²) < 4.78 is 0. The van der Waals surface area contributed by atoms with Gasteiger partial charge >= 0.3 is 0 Å². The third kappa shape index (κ3) is 2.95. The molecule has 2 bridgehead atoms. The molecule has 0 aromatic heterocycles. The first kappa shape index (κ1) is 14.9. The molecule has 0 heterocycles. The Kier molecular flexibility index (Phi) is 4.23. The van der Waals surface area contributed by atoms with E-state index in [-0.39, 0.29) is 23.7 Å². The molecule has 5 heteroatoms. The second-order valence-corrected chi connectivity index (χ2v) is 6.77. The van der Waals surface area contributed by atoms with Crippen LogP contribution in [0.3, 0.4) is 0 Å². The molecule has 1 N–H and O–H groups in total. The van der Waals surface area contributed by atoms with Crippen molar-refractivity contribution >= 4 is 40.6 Å². The molecule has 0 unspecified atom stereocenters. The number of amides is 1. The van der Waals surface area contributed by atoms with E-state index in [1.807, 2.05) is 0 Å². The van der Waals surface area contributed by atoms with Gasteiger partial charge in [-0.15, -0.1) is 0 Å². The highest BCUT2D eigenvalue weighted by atomic mass is 35.5. The van der Waals surface area contributed by atoms with Crippen molar-refractivity contribution in [3.63, 3.8) is 0 Å². The average Bonchev–Trinajstić information content (AvgIpc) is 2.43. The minimum absolute atomic E-state index is 0.0523. The Hall–Kier alpha value is -1.06. The Balaban J connectivity index is 1.71. The molecule has 112 valence electrons. The first-order chi connectivity index (χ1) is 10.1. The first-order valence-electron chi connectivity index (χ1n) is 7.35. The lowest BCUT2D eigenvalue weighted by atomic mass is 9.67. The summed E-state index contributed by atoms with van der Waals surface area (Å²) in [6.07, 6.45) is 4.29. The van der Waals surface area contributed by atoms with E-state index in [1.165, 1.54) is 0 Å². The molecule has 3 rings (SSSR count). The van der Waals surface area contributed by atoms with Crippen LogP contribution in [0.4, 0.5) is 5.69 Å². The molecule has 2 atom stereocenters. The van der Waals surface area contributed by atoms with Crippen LogP contribution < -0.4 is 5.32 Å². The van der Waals surface area contributed by atoms with Gasteiger partial charge in [0, 0.05) is 17.8 Å². The van der Waals surface area contributed by atoms with Gasteiger partial charge < -0.3 is 5.32 Å². The molecule has 0 spiro atoms. The fraction of sp³-hybridized carbons (Fsp3) is 0.500. The number of rotatable bonds is 2. The molecule has 1 amide bonds. The summed E-state index contributed by atoms with van der Waals surface area (Å²) in [7, 11) is 0. The van der Waals surface area contributed by atoms with E-state index in [0.29, 0.717) is 34.4 Å². The zero-order chi connectivity index (χ0) is 15.0. The summed E-state index contributed by atoms with van der Waals surface area (Å²) in [4.78, 5) is 24.5. The minimum atomic E-state index is -0.104. The Morgan fingerprint density at radius 3 is 2.48 bits per heavy atom. The molecule has 21 heavy (non-hydrogen) atoms. The molecule has 3 nitrogen and oxygen atoms in total. The molecule has 2 aliphatic rings. The van der Waals surface area contributed by atoms with Crippen LogP contribution in [0.1, 0.15) is 32.1 Å². The van der Waals surface area contributed by atoms with E-state index in [9.17, 15) is 9.59 Å². The van der Waals surface area contributed by atoms with Crippen molar-refractivity contribution in [2.24, 2.45) is 17.8 Å². The van der Waals surface area contributed by atoms with Crippen LogP contribution in [0.25, 0.3) is 0 Å². The highest BCUT2D eigenvalue weighted by Gasteiger charge is 2.41. The van der Waals surface area contributed by atoms with Gasteiger partial charge in [-0.1, -0.05) is 35.7 Å². The molecule has 1 aromatic carbocycles. The summed E-state index contributed by atoms with van der Waals surface area (Å²) in [6, 6.07) is 5.17. The Morgan fingerprint density at radius 1 is 1.14 bits per heavy atom. The number of halogens is 2. The van der Waals surface area contributed by atoms with Crippen LogP contribution >= 0.6 is 23.2 Å². The lowest BCUT2D eigenvalue weighted by Gasteiger charge is -2.37. The fourth-order valence-electron chi connectivity index (χ4n) is 3.53. The van der Waals surface area contributed by atoms with Gasteiger partial charge in [0.05, 0.1) is 15.7 Å². The average molecular weight is 326 g/mol. The largest absolute Gasteiger partial charge is 0.324 e. The zero-order valence-electron chi connectivity index (χ0n) is 11.6. The van der Waals surface area contributed by atoms with Gasteiger partial charge in [-0.25, -0.2) is 0 Å². The highest BCUT2D eigenvalue weighted by molar-refractivity contribution is 6.44. The monoisotopic (exact) mass is 325 g/mol. The second kappa shape index (κ2) is 5.98. The Morgan fingerprint density at radius 2 is 1.81 bits per heavy atom. The minimum Gasteiger partial charge on any atom is -0.324 e. The molecular formula is C16H17Cl2NO2. The molecular weight excluding hydrogens is 309 g/mol. The first-order valence-corrected chi connectivity index (χ1v) is 8.10. The number of carbonyl (C=O) groups is 2. The fourth-order valence-corrected chi connectivity index (χ4v) is 3.88. The van der Waals surface area contributed by atoms with Gasteiger partial charge in [-0.3, -0.25) is 9.59 Å². The Labute approximate surface area is 134 Å². The number of hydrogen-bond acceptors (Lipinski definition) is 2. The molecule has 1 aromatic rings. The van der Waals surface area contributed by atoms with Crippen LogP contribution in [-0.4, -0.2) is 11.7 Å². The van der Waals surface area contributed by atoms with E-state index in [2.05, 4.69) is 5.32 Å². The molecule has 0 aliphatic heterocycles. The van der Waals surface area contributed by atoms with E-state index in [4.69, 9.17) is 23.2 Å². The predicted octanol–water partition coefficient (Wildman–Crippen LogP) is 4.33.